The molecule has 0 aliphatic heterocycles. The van der Waals surface area contributed by atoms with Crippen LogP contribution in [0.5, 0.6) is 0 Å². The zero-order chi connectivity index (χ0) is 14.1. The minimum atomic E-state index is -0.271. The molecular weight excluding hydrogens is 323 g/mol. The summed E-state index contributed by atoms with van der Waals surface area (Å²) in [4.78, 5) is 4.33. The van der Waals surface area contributed by atoms with E-state index in [1.807, 2.05) is 19.2 Å². The predicted molar refractivity (Wildman–Crippen MR) is 79.2 cm³/mol. The number of nitrogens with one attached hydrogen (secondary N) is 1. The number of aromatic nitrogens is 3. The Kier molecular flexibility index (Phi) is 3.40. The van der Waals surface area contributed by atoms with Gasteiger partial charge in [-0.25, -0.2) is 13.9 Å². The van der Waals surface area contributed by atoms with Gasteiger partial charge >= 0.3 is 0 Å². The number of hydrogen-bond acceptors (Lipinski definition) is 3. The van der Waals surface area contributed by atoms with Crippen molar-refractivity contribution in [3.05, 3.63) is 58.2 Å². The van der Waals surface area contributed by atoms with Crippen LogP contribution < -0.4 is 5.32 Å². The summed E-state index contributed by atoms with van der Waals surface area (Å²) < 4.78 is 15.8. The van der Waals surface area contributed by atoms with E-state index in [4.69, 9.17) is 0 Å². The topological polar surface area (TPSA) is 42.2 Å². The predicted octanol–water partition coefficient (Wildman–Crippen LogP) is 3.55. The van der Waals surface area contributed by atoms with Crippen molar-refractivity contribution in [2.45, 2.75) is 13.5 Å². The minimum Gasteiger partial charge on any atom is -0.380 e. The Balaban J connectivity index is 1.80. The standard InChI is InChI=1S/C14H12BrFN4/c1-9-4-14-18-7-10(8-20(14)19-9)6-17-13-5-11(16)2-3-12(13)15/h2-5,7-8,17H,6H2,1H3. The summed E-state index contributed by atoms with van der Waals surface area (Å²) in [5.41, 5.74) is 3.42. The van der Waals surface area contributed by atoms with Crippen LogP contribution in [0.2, 0.25) is 0 Å². The molecule has 0 radical (unpaired) electrons. The van der Waals surface area contributed by atoms with E-state index in [0.717, 1.165) is 21.4 Å². The van der Waals surface area contributed by atoms with Crippen molar-refractivity contribution in [2.24, 2.45) is 0 Å². The number of anilines is 1. The number of halogens is 2. The highest BCUT2D eigenvalue weighted by Crippen LogP contribution is 2.23. The van der Waals surface area contributed by atoms with Crippen LogP contribution in [-0.4, -0.2) is 14.6 Å². The lowest BCUT2D eigenvalue weighted by Crippen LogP contribution is -2.03. The Morgan fingerprint density at radius 2 is 2.20 bits per heavy atom. The van der Waals surface area contributed by atoms with Gasteiger partial charge in [-0.15, -0.1) is 0 Å². The van der Waals surface area contributed by atoms with E-state index >= 15 is 0 Å². The maximum absolute atomic E-state index is 13.2. The zero-order valence-corrected chi connectivity index (χ0v) is 12.4. The summed E-state index contributed by atoms with van der Waals surface area (Å²) in [6, 6.07) is 6.46. The highest BCUT2D eigenvalue weighted by Gasteiger charge is 2.04. The molecule has 1 N–H and O–H groups in total. The van der Waals surface area contributed by atoms with Gasteiger partial charge in [0.05, 0.1) is 11.4 Å². The lowest BCUT2D eigenvalue weighted by atomic mass is 10.3. The van der Waals surface area contributed by atoms with Gasteiger partial charge in [0.1, 0.15) is 5.82 Å². The molecule has 0 atom stereocenters. The summed E-state index contributed by atoms with van der Waals surface area (Å²) in [6.45, 7) is 2.47. The molecule has 3 aromatic rings. The van der Waals surface area contributed by atoms with Crippen LogP contribution >= 0.6 is 15.9 Å². The first kappa shape index (κ1) is 13.1. The third-order valence-corrected chi connectivity index (χ3v) is 3.59. The van der Waals surface area contributed by atoms with Gasteiger partial charge < -0.3 is 5.32 Å². The number of aryl methyl sites for hydroxylation is 1. The molecule has 6 heteroatoms. The Morgan fingerprint density at radius 1 is 1.35 bits per heavy atom. The molecule has 0 amide bonds. The number of hydrogen-bond donors (Lipinski definition) is 1. The lowest BCUT2D eigenvalue weighted by Gasteiger charge is -2.08. The molecule has 0 saturated carbocycles. The van der Waals surface area contributed by atoms with E-state index in [9.17, 15) is 4.39 Å². The first-order valence-corrected chi connectivity index (χ1v) is 6.91. The maximum Gasteiger partial charge on any atom is 0.155 e. The van der Waals surface area contributed by atoms with E-state index < -0.39 is 0 Å². The van der Waals surface area contributed by atoms with Gasteiger partial charge in [0, 0.05) is 35.0 Å². The van der Waals surface area contributed by atoms with Gasteiger partial charge in [-0.3, -0.25) is 0 Å². The van der Waals surface area contributed by atoms with Gasteiger partial charge in [-0.05, 0) is 41.1 Å². The number of nitrogens with zero attached hydrogens (tertiary/aromatic N) is 3. The Bertz CT molecular complexity index is 769. The van der Waals surface area contributed by atoms with Crippen LogP contribution in [0.4, 0.5) is 10.1 Å². The number of rotatable bonds is 3. The van der Waals surface area contributed by atoms with Crippen molar-refractivity contribution in [3.8, 4) is 0 Å². The second kappa shape index (κ2) is 5.20. The smallest absolute Gasteiger partial charge is 0.155 e. The van der Waals surface area contributed by atoms with Crippen molar-refractivity contribution in [1.29, 1.82) is 0 Å². The van der Waals surface area contributed by atoms with Gasteiger partial charge in [0.25, 0.3) is 0 Å². The zero-order valence-electron chi connectivity index (χ0n) is 10.8. The quantitative estimate of drug-likeness (QED) is 0.796. The van der Waals surface area contributed by atoms with Crippen LogP contribution in [0.1, 0.15) is 11.3 Å². The molecule has 102 valence electrons. The molecule has 2 aromatic heterocycles. The van der Waals surface area contributed by atoms with Gasteiger partial charge in [0.15, 0.2) is 5.65 Å². The molecule has 20 heavy (non-hydrogen) atoms. The molecular formula is C14H12BrFN4. The van der Waals surface area contributed by atoms with E-state index in [2.05, 4.69) is 31.3 Å². The summed E-state index contributed by atoms with van der Waals surface area (Å²) in [5.74, 6) is -0.271. The van der Waals surface area contributed by atoms with Crippen LogP contribution in [0, 0.1) is 12.7 Å². The molecule has 0 unspecified atom stereocenters. The molecule has 2 heterocycles. The van der Waals surface area contributed by atoms with E-state index in [0.29, 0.717) is 12.2 Å². The highest BCUT2D eigenvalue weighted by atomic mass is 79.9. The summed E-state index contributed by atoms with van der Waals surface area (Å²) >= 11 is 3.38. The average Bonchev–Trinajstić information content (AvgIpc) is 2.79. The normalized spacial score (nSPS) is 10.9. The summed E-state index contributed by atoms with van der Waals surface area (Å²) in [7, 11) is 0. The number of benzene rings is 1. The monoisotopic (exact) mass is 334 g/mol. The lowest BCUT2D eigenvalue weighted by molar-refractivity contribution is 0.628. The van der Waals surface area contributed by atoms with Crippen LogP contribution in [0.15, 0.2) is 41.1 Å². The van der Waals surface area contributed by atoms with Crippen molar-refractivity contribution in [2.75, 3.05) is 5.32 Å². The van der Waals surface area contributed by atoms with Gasteiger partial charge in [0.2, 0.25) is 0 Å². The molecule has 4 nitrogen and oxygen atoms in total. The van der Waals surface area contributed by atoms with E-state index in [-0.39, 0.29) is 5.82 Å². The highest BCUT2D eigenvalue weighted by molar-refractivity contribution is 9.10. The molecule has 0 saturated heterocycles. The van der Waals surface area contributed by atoms with Crippen LogP contribution in [0.25, 0.3) is 5.65 Å². The fourth-order valence-corrected chi connectivity index (χ4v) is 2.34. The average molecular weight is 335 g/mol. The van der Waals surface area contributed by atoms with E-state index in [1.54, 1.807) is 16.8 Å². The van der Waals surface area contributed by atoms with Crippen molar-refractivity contribution >= 4 is 27.3 Å². The minimum absolute atomic E-state index is 0.271. The Hall–Kier alpha value is -1.95. The molecule has 0 bridgehead atoms. The Labute approximate surface area is 123 Å². The summed E-state index contributed by atoms with van der Waals surface area (Å²) in [6.07, 6.45) is 3.70. The fourth-order valence-electron chi connectivity index (χ4n) is 1.96. The van der Waals surface area contributed by atoms with E-state index in [1.165, 1.54) is 12.1 Å². The molecule has 3 rings (SSSR count). The second-order valence-corrected chi connectivity index (χ2v) is 5.38. The molecule has 0 aliphatic rings. The fraction of sp³-hybridized carbons (Fsp3) is 0.143. The molecule has 0 aliphatic carbocycles. The van der Waals surface area contributed by atoms with Gasteiger partial charge in [-0.2, -0.15) is 5.10 Å². The number of fused-ring (bicyclic) bond motifs is 1. The molecule has 1 aromatic carbocycles. The third-order valence-electron chi connectivity index (χ3n) is 2.90. The maximum atomic E-state index is 13.2. The first-order valence-electron chi connectivity index (χ1n) is 6.12. The van der Waals surface area contributed by atoms with Crippen LogP contribution in [-0.2, 0) is 6.54 Å². The SMILES string of the molecule is Cc1cc2ncc(CNc3cc(F)ccc3Br)cn2n1. The third kappa shape index (κ3) is 2.65. The van der Waals surface area contributed by atoms with Crippen LogP contribution in [0.3, 0.4) is 0 Å². The van der Waals surface area contributed by atoms with Crippen molar-refractivity contribution in [3.63, 3.8) is 0 Å². The second-order valence-electron chi connectivity index (χ2n) is 4.53. The van der Waals surface area contributed by atoms with Gasteiger partial charge in [-0.1, -0.05) is 0 Å². The Morgan fingerprint density at radius 3 is 3.05 bits per heavy atom. The molecule has 0 spiro atoms. The van der Waals surface area contributed by atoms with Crippen molar-refractivity contribution in [1.82, 2.24) is 14.6 Å². The summed E-state index contributed by atoms with van der Waals surface area (Å²) in [5, 5.41) is 7.49. The van der Waals surface area contributed by atoms with Crippen molar-refractivity contribution < 1.29 is 4.39 Å². The largest absolute Gasteiger partial charge is 0.380 e. The first-order chi connectivity index (χ1) is 9.61. The molecule has 0 fully saturated rings.